The van der Waals surface area contributed by atoms with E-state index in [4.69, 9.17) is 4.74 Å². The molecule has 2 aromatic carbocycles. The highest BCUT2D eigenvalue weighted by molar-refractivity contribution is 6.45. The van der Waals surface area contributed by atoms with Gasteiger partial charge < -0.3 is 19.5 Å². The van der Waals surface area contributed by atoms with Crippen LogP contribution in [0.3, 0.4) is 0 Å². The molecular weight excluding hydrogens is 410 g/mol. The molecule has 2 amide bonds. The van der Waals surface area contributed by atoms with Crippen LogP contribution in [0.4, 0.5) is 0 Å². The first kappa shape index (κ1) is 21.3. The van der Waals surface area contributed by atoms with Gasteiger partial charge in [0.25, 0.3) is 17.6 Å². The number of rotatable bonds is 4. The maximum Gasteiger partial charge on any atom is 0.339 e. The van der Waals surface area contributed by atoms with Gasteiger partial charge in [-0.05, 0) is 25.1 Å². The van der Waals surface area contributed by atoms with Crippen LogP contribution in [0.5, 0.6) is 0 Å². The summed E-state index contributed by atoms with van der Waals surface area (Å²) in [6.45, 7) is 2.77. The predicted octanol–water partition coefficient (Wildman–Crippen LogP) is 2.51. The zero-order chi connectivity index (χ0) is 22.8. The lowest BCUT2D eigenvalue weighted by Crippen LogP contribution is -2.56. The molecule has 1 aromatic heterocycles. The molecule has 1 atom stereocenters. The number of Topliss-reactive ketones (excluding diaryl/α,β-unsaturated/α-hetero) is 1. The van der Waals surface area contributed by atoms with Gasteiger partial charge in [-0.2, -0.15) is 0 Å². The Kier molecular flexibility index (Phi) is 5.77. The number of nitrogens with zero attached hydrogens (tertiary/aromatic N) is 2. The van der Waals surface area contributed by atoms with E-state index in [-0.39, 0.29) is 29.6 Å². The molecule has 4 rings (SSSR count). The molecule has 0 unspecified atom stereocenters. The van der Waals surface area contributed by atoms with Crippen LogP contribution in [-0.4, -0.2) is 71.1 Å². The van der Waals surface area contributed by atoms with Crippen LogP contribution < -0.4 is 0 Å². The number of piperazine rings is 1. The van der Waals surface area contributed by atoms with E-state index in [9.17, 15) is 19.2 Å². The van der Waals surface area contributed by atoms with E-state index in [1.54, 1.807) is 35.2 Å². The molecule has 32 heavy (non-hydrogen) atoms. The molecule has 1 aliphatic rings. The summed E-state index contributed by atoms with van der Waals surface area (Å²) in [6.07, 6.45) is 1.44. The Morgan fingerprint density at radius 3 is 2.41 bits per heavy atom. The van der Waals surface area contributed by atoms with Gasteiger partial charge in [0.1, 0.15) is 0 Å². The van der Waals surface area contributed by atoms with Gasteiger partial charge in [-0.25, -0.2) is 4.79 Å². The fraction of sp³-hybridized carbons (Fsp3) is 0.250. The van der Waals surface area contributed by atoms with Gasteiger partial charge >= 0.3 is 5.97 Å². The van der Waals surface area contributed by atoms with Crippen molar-refractivity contribution < 1.29 is 23.9 Å². The number of carbonyl (C=O) groups is 4. The average molecular weight is 433 g/mol. The Labute approximate surface area is 184 Å². The van der Waals surface area contributed by atoms with Gasteiger partial charge in [0, 0.05) is 42.8 Å². The third-order valence-electron chi connectivity index (χ3n) is 5.76. The minimum absolute atomic E-state index is 0.0946. The molecule has 8 nitrogen and oxygen atoms in total. The van der Waals surface area contributed by atoms with Gasteiger partial charge in [0.2, 0.25) is 0 Å². The lowest BCUT2D eigenvalue weighted by molar-refractivity contribution is -0.130. The van der Waals surface area contributed by atoms with Gasteiger partial charge in [-0.1, -0.05) is 30.3 Å². The number of benzene rings is 2. The Hall–Kier alpha value is -3.94. The van der Waals surface area contributed by atoms with E-state index in [0.717, 1.165) is 0 Å². The second kappa shape index (κ2) is 8.66. The number of hydrogen-bond donors (Lipinski definition) is 1. The first-order chi connectivity index (χ1) is 15.4. The molecule has 0 bridgehead atoms. The lowest BCUT2D eigenvalue weighted by atomic mass is 10.0. The van der Waals surface area contributed by atoms with Gasteiger partial charge in [-0.15, -0.1) is 0 Å². The van der Waals surface area contributed by atoms with E-state index in [1.807, 2.05) is 25.1 Å². The van der Waals surface area contributed by atoms with Crippen molar-refractivity contribution in [2.75, 3.05) is 26.7 Å². The Morgan fingerprint density at radius 1 is 0.969 bits per heavy atom. The summed E-state index contributed by atoms with van der Waals surface area (Å²) in [7, 11) is 1.28. The van der Waals surface area contributed by atoms with Crippen LogP contribution in [0.2, 0.25) is 0 Å². The number of aromatic amines is 1. The Bertz CT molecular complexity index is 1200. The highest BCUT2D eigenvalue weighted by Gasteiger charge is 2.34. The number of hydrogen-bond acceptors (Lipinski definition) is 5. The zero-order valence-electron chi connectivity index (χ0n) is 17.8. The standard InChI is InChI=1S/C24H23N3O5/c1-15-14-26(22(29)16-7-4-3-5-8-16)11-12-27(15)23(30)21(28)19-13-25-20-17(19)9-6-10-18(20)24(31)32-2/h3-10,13,15,25H,11-12,14H2,1-2H3/t15-/m1/s1. The van der Waals surface area contributed by atoms with E-state index in [2.05, 4.69) is 4.98 Å². The molecule has 0 aliphatic carbocycles. The van der Waals surface area contributed by atoms with Crippen LogP contribution in [0.25, 0.3) is 10.9 Å². The number of methoxy groups -OCH3 is 1. The summed E-state index contributed by atoms with van der Waals surface area (Å²) in [4.78, 5) is 56.9. The molecule has 1 aliphatic heterocycles. The largest absolute Gasteiger partial charge is 0.465 e. The van der Waals surface area contributed by atoms with Crippen molar-refractivity contribution >= 4 is 34.5 Å². The van der Waals surface area contributed by atoms with Crippen LogP contribution in [0.15, 0.2) is 54.7 Å². The van der Waals surface area contributed by atoms with Crippen LogP contribution in [0, 0.1) is 0 Å². The third kappa shape index (κ3) is 3.75. The quantitative estimate of drug-likeness (QED) is 0.387. The highest BCUT2D eigenvalue weighted by atomic mass is 16.5. The summed E-state index contributed by atoms with van der Waals surface area (Å²) >= 11 is 0. The number of carbonyl (C=O) groups excluding carboxylic acids is 4. The maximum atomic E-state index is 13.0. The Balaban J connectivity index is 1.51. The summed E-state index contributed by atoms with van der Waals surface area (Å²) in [5, 5.41) is 0.483. The molecule has 1 fully saturated rings. The third-order valence-corrected chi connectivity index (χ3v) is 5.76. The fourth-order valence-corrected chi connectivity index (χ4v) is 4.08. The first-order valence-corrected chi connectivity index (χ1v) is 10.3. The van der Waals surface area contributed by atoms with E-state index >= 15 is 0 Å². The summed E-state index contributed by atoms with van der Waals surface area (Å²) < 4.78 is 4.78. The highest BCUT2D eigenvalue weighted by Crippen LogP contribution is 2.24. The number of ether oxygens (including phenoxy) is 1. The number of aromatic nitrogens is 1. The first-order valence-electron chi connectivity index (χ1n) is 10.3. The molecule has 164 valence electrons. The van der Waals surface area contributed by atoms with Crippen molar-refractivity contribution in [3.8, 4) is 0 Å². The molecule has 0 spiro atoms. The second-order valence-electron chi connectivity index (χ2n) is 7.72. The van der Waals surface area contributed by atoms with Crippen molar-refractivity contribution in [2.24, 2.45) is 0 Å². The molecule has 8 heteroatoms. The average Bonchev–Trinajstić information content (AvgIpc) is 3.27. The van der Waals surface area contributed by atoms with Crippen molar-refractivity contribution in [3.63, 3.8) is 0 Å². The van der Waals surface area contributed by atoms with Crippen LogP contribution in [0.1, 0.15) is 38.0 Å². The molecule has 0 saturated carbocycles. The summed E-state index contributed by atoms with van der Waals surface area (Å²) in [5.41, 5.74) is 1.53. The Morgan fingerprint density at radius 2 is 1.72 bits per heavy atom. The zero-order valence-corrected chi connectivity index (χ0v) is 17.8. The SMILES string of the molecule is COC(=O)c1cccc2c(C(=O)C(=O)N3CCN(C(=O)c4ccccc4)C[C@H]3C)c[nH]c12. The molecule has 2 heterocycles. The minimum Gasteiger partial charge on any atom is -0.465 e. The molecule has 1 saturated heterocycles. The smallest absolute Gasteiger partial charge is 0.339 e. The number of amides is 2. The number of para-hydroxylation sites is 1. The van der Waals surface area contributed by atoms with Crippen LogP contribution in [-0.2, 0) is 9.53 Å². The molecular formula is C24H23N3O5. The molecule has 1 N–H and O–H groups in total. The normalized spacial score (nSPS) is 16.1. The minimum atomic E-state index is -0.659. The van der Waals surface area contributed by atoms with Crippen molar-refractivity contribution in [1.82, 2.24) is 14.8 Å². The molecule has 3 aromatic rings. The van der Waals surface area contributed by atoms with Gasteiger partial charge in [-0.3, -0.25) is 14.4 Å². The van der Waals surface area contributed by atoms with Crippen molar-refractivity contribution in [1.29, 1.82) is 0 Å². The monoisotopic (exact) mass is 433 g/mol. The fourth-order valence-electron chi connectivity index (χ4n) is 4.08. The topological polar surface area (TPSA) is 99.8 Å². The predicted molar refractivity (Wildman–Crippen MR) is 117 cm³/mol. The summed E-state index contributed by atoms with van der Waals surface area (Å²) in [6, 6.07) is 13.6. The number of nitrogens with one attached hydrogen (secondary N) is 1. The van der Waals surface area contributed by atoms with E-state index in [1.165, 1.54) is 18.2 Å². The lowest BCUT2D eigenvalue weighted by Gasteiger charge is -2.39. The number of fused-ring (bicyclic) bond motifs is 1. The number of ketones is 1. The number of H-pyrrole nitrogens is 1. The van der Waals surface area contributed by atoms with Crippen LogP contribution >= 0.6 is 0 Å². The van der Waals surface area contributed by atoms with E-state index < -0.39 is 17.7 Å². The van der Waals surface area contributed by atoms with Crippen molar-refractivity contribution in [3.05, 3.63) is 71.4 Å². The van der Waals surface area contributed by atoms with E-state index in [0.29, 0.717) is 29.6 Å². The second-order valence-corrected chi connectivity index (χ2v) is 7.72. The molecule has 0 radical (unpaired) electrons. The van der Waals surface area contributed by atoms with Gasteiger partial charge in [0.15, 0.2) is 0 Å². The van der Waals surface area contributed by atoms with Crippen molar-refractivity contribution in [2.45, 2.75) is 13.0 Å². The van der Waals surface area contributed by atoms with Gasteiger partial charge in [0.05, 0.1) is 23.8 Å². The summed E-state index contributed by atoms with van der Waals surface area (Å²) in [5.74, 6) is -1.92. The number of esters is 1. The maximum absolute atomic E-state index is 13.0.